The maximum absolute atomic E-state index is 6.41. The number of halogens is 1. The molecular weight excluding hydrogens is 382 g/mol. The van der Waals surface area contributed by atoms with E-state index < -0.39 is 0 Å². The summed E-state index contributed by atoms with van der Waals surface area (Å²) >= 11 is 6.41. The van der Waals surface area contributed by atoms with Gasteiger partial charge in [-0.3, -0.25) is 9.88 Å². The fourth-order valence-electron chi connectivity index (χ4n) is 3.57. The van der Waals surface area contributed by atoms with E-state index in [1.165, 1.54) is 0 Å². The normalized spacial score (nSPS) is 17.2. The fraction of sp³-hybridized carbons (Fsp3) is 0.368. The molecular formula is C19H18ClN5O3. The molecule has 0 aliphatic carbocycles. The van der Waals surface area contributed by atoms with Gasteiger partial charge in [-0.2, -0.15) is 0 Å². The van der Waals surface area contributed by atoms with Crippen molar-refractivity contribution in [3.05, 3.63) is 47.2 Å². The summed E-state index contributed by atoms with van der Waals surface area (Å²) in [6.45, 7) is 2.88. The lowest BCUT2D eigenvalue weighted by atomic mass is 9.96. The smallest absolute Gasteiger partial charge is 0.267 e. The highest BCUT2D eigenvalue weighted by Crippen LogP contribution is 2.38. The zero-order valence-corrected chi connectivity index (χ0v) is 15.8. The first-order valence-corrected chi connectivity index (χ1v) is 9.54. The van der Waals surface area contributed by atoms with Crippen molar-refractivity contribution in [3.8, 4) is 23.1 Å². The molecule has 28 heavy (non-hydrogen) atoms. The summed E-state index contributed by atoms with van der Waals surface area (Å²) in [4.78, 5) is 10.6. The van der Waals surface area contributed by atoms with Gasteiger partial charge in [-0.1, -0.05) is 11.6 Å². The number of rotatable bonds is 4. The van der Waals surface area contributed by atoms with Gasteiger partial charge in [0.15, 0.2) is 11.5 Å². The average molecular weight is 400 g/mol. The summed E-state index contributed by atoms with van der Waals surface area (Å²) < 4.78 is 16.7. The minimum atomic E-state index is 0.251. The lowest BCUT2D eigenvalue weighted by molar-refractivity contribution is 0.173. The highest BCUT2D eigenvalue weighted by Gasteiger charge is 2.26. The van der Waals surface area contributed by atoms with Crippen molar-refractivity contribution in [1.82, 2.24) is 25.1 Å². The number of likely N-dealkylation sites (tertiary alicyclic amines) is 1. The molecule has 0 spiro atoms. The predicted octanol–water partition coefficient (Wildman–Crippen LogP) is 3.29. The molecule has 0 unspecified atom stereocenters. The third-order valence-electron chi connectivity index (χ3n) is 5.10. The molecule has 1 aromatic carbocycles. The van der Waals surface area contributed by atoms with Crippen molar-refractivity contribution in [2.24, 2.45) is 0 Å². The first kappa shape index (κ1) is 17.4. The molecule has 9 heteroatoms. The Bertz CT molecular complexity index is 973. The molecule has 2 aromatic heterocycles. The van der Waals surface area contributed by atoms with E-state index in [1.54, 1.807) is 18.6 Å². The molecule has 0 N–H and O–H groups in total. The van der Waals surface area contributed by atoms with Gasteiger partial charge in [0.25, 0.3) is 5.89 Å². The Hall–Kier alpha value is -2.71. The van der Waals surface area contributed by atoms with Crippen LogP contribution in [0.5, 0.6) is 11.5 Å². The van der Waals surface area contributed by atoms with Crippen molar-refractivity contribution in [3.63, 3.8) is 0 Å². The standard InChI is InChI=1S/C19H18ClN5O3/c20-14-8-17-16(26-11-27-17)7-13(14)10-25-5-1-12(2-6-25)18-23-24-19(28-18)15-9-21-3-4-22-15/h3-4,7-9,12H,1-2,5-6,10-11H2. The predicted molar refractivity (Wildman–Crippen MR) is 100 cm³/mol. The molecule has 144 valence electrons. The summed E-state index contributed by atoms with van der Waals surface area (Å²) in [6.07, 6.45) is 6.74. The lowest BCUT2D eigenvalue weighted by Gasteiger charge is -2.30. The molecule has 2 aliphatic heterocycles. The van der Waals surface area contributed by atoms with Crippen LogP contribution in [0.15, 0.2) is 35.1 Å². The number of hydrogen-bond donors (Lipinski definition) is 0. The van der Waals surface area contributed by atoms with Crippen LogP contribution in [0.25, 0.3) is 11.6 Å². The molecule has 2 aliphatic rings. The second-order valence-corrected chi connectivity index (χ2v) is 7.29. The van der Waals surface area contributed by atoms with Gasteiger partial charge in [-0.15, -0.1) is 10.2 Å². The number of hydrogen-bond acceptors (Lipinski definition) is 8. The van der Waals surface area contributed by atoms with Crippen molar-refractivity contribution >= 4 is 11.6 Å². The number of benzene rings is 1. The van der Waals surface area contributed by atoms with Crippen LogP contribution in [0.2, 0.25) is 5.02 Å². The topological polar surface area (TPSA) is 86.4 Å². The van der Waals surface area contributed by atoms with Crippen LogP contribution >= 0.6 is 11.6 Å². The highest BCUT2D eigenvalue weighted by molar-refractivity contribution is 6.31. The number of fused-ring (bicyclic) bond motifs is 1. The van der Waals surface area contributed by atoms with E-state index in [0.717, 1.165) is 43.8 Å². The molecule has 0 atom stereocenters. The van der Waals surface area contributed by atoms with Gasteiger partial charge in [0.2, 0.25) is 12.7 Å². The maximum Gasteiger partial charge on any atom is 0.267 e. The second kappa shape index (κ2) is 7.37. The Kier molecular flexibility index (Phi) is 4.58. The van der Waals surface area contributed by atoms with E-state index in [9.17, 15) is 0 Å². The molecule has 0 radical (unpaired) electrons. The van der Waals surface area contributed by atoms with Crippen LogP contribution < -0.4 is 9.47 Å². The zero-order chi connectivity index (χ0) is 18.9. The Morgan fingerprint density at radius 1 is 1.07 bits per heavy atom. The lowest BCUT2D eigenvalue weighted by Crippen LogP contribution is -2.32. The number of nitrogens with zero attached hydrogens (tertiary/aromatic N) is 5. The van der Waals surface area contributed by atoms with E-state index in [0.29, 0.717) is 28.2 Å². The van der Waals surface area contributed by atoms with Gasteiger partial charge < -0.3 is 13.9 Å². The molecule has 0 saturated carbocycles. The SMILES string of the molecule is Clc1cc2c(cc1CN1CCC(c3nnc(-c4cnccn4)o3)CC1)OCO2. The molecule has 1 fully saturated rings. The second-order valence-electron chi connectivity index (χ2n) is 6.88. The Balaban J connectivity index is 1.22. The Labute approximate surface area is 166 Å². The van der Waals surface area contributed by atoms with Gasteiger partial charge in [-0.05, 0) is 37.6 Å². The monoisotopic (exact) mass is 399 g/mol. The molecule has 3 aromatic rings. The van der Waals surface area contributed by atoms with Crippen LogP contribution in [0.1, 0.15) is 30.2 Å². The van der Waals surface area contributed by atoms with Crippen molar-refractivity contribution < 1.29 is 13.9 Å². The van der Waals surface area contributed by atoms with Crippen molar-refractivity contribution in [2.45, 2.75) is 25.3 Å². The fourth-order valence-corrected chi connectivity index (χ4v) is 3.79. The van der Waals surface area contributed by atoms with Crippen LogP contribution in [0, 0.1) is 0 Å². The summed E-state index contributed by atoms with van der Waals surface area (Å²) in [6, 6.07) is 3.81. The zero-order valence-electron chi connectivity index (χ0n) is 15.0. The van der Waals surface area contributed by atoms with Gasteiger partial charge in [0.1, 0.15) is 5.69 Å². The van der Waals surface area contributed by atoms with Gasteiger partial charge in [-0.25, -0.2) is 4.98 Å². The summed E-state index contributed by atoms with van der Waals surface area (Å²) in [5.74, 6) is 2.81. The van der Waals surface area contributed by atoms with Crippen LogP contribution in [-0.4, -0.2) is 44.9 Å². The van der Waals surface area contributed by atoms with E-state index in [2.05, 4.69) is 25.1 Å². The van der Waals surface area contributed by atoms with E-state index >= 15 is 0 Å². The Morgan fingerprint density at radius 3 is 2.68 bits per heavy atom. The molecule has 0 bridgehead atoms. The van der Waals surface area contributed by atoms with Crippen LogP contribution in [0.3, 0.4) is 0 Å². The van der Waals surface area contributed by atoms with Gasteiger partial charge in [0.05, 0.1) is 6.20 Å². The number of piperidine rings is 1. The first-order chi connectivity index (χ1) is 13.8. The molecule has 8 nitrogen and oxygen atoms in total. The molecule has 0 amide bonds. The molecule has 5 rings (SSSR count). The third-order valence-corrected chi connectivity index (χ3v) is 5.45. The van der Waals surface area contributed by atoms with Gasteiger partial charge >= 0.3 is 0 Å². The van der Waals surface area contributed by atoms with Gasteiger partial charge in [0, 0.05) is 35.9 Å². The molecule has 4 heterocycles. The minimum absolute atomic E-state index is 0.251. The first-order valence-electron chi connectivity index (χ1n) is 9.16. The van der Waals surface area contributed by atoms with E-state index in [1.807, 2.05) is 12.1 Å². The summed E-state index contributed by atoms with van der Waals surface area (Å²) in [5, 5.41) is 9.05. The summed E-state index contributed by atoms with van der Waals surface area (Å²) in [7, 11) is 0. The number of ether oxygens (including phenoxy) is 2. The molecule has 1 saturated heterocycles. The number of aromatic nitrogens is 4. The third kappa shape index (κ3) is 3.41. The van der Waals surface area contributed by atoms with Crippen molar-refractivity contribution in [1.29, 1.82) is 0 Å². The minimum Gasteiger partial charge on any atom is -0.454 e. The van der Waals surface area contributed by atoms with E-state index in [-0.39, 0.29) is 12.7 Å². The average Bonchev–Trinajstić information content (AvgIpc) is 3.39. The quantitative estimate of drug-likeness (QED) is 0.660. The largest absolute Gasteiger partial charge is 0.454 e. The van der Waals surface area contributed by atoms with Crippen molar-refractivity contribution in [2.75, 3.05) is 19.9 Å². The van der Waals surface area contributed by atoms with Crippen LogP contribution in [0.4, 0.5) is 0 Å². The van der Waals surface area contributed by atoms with Crippen LogP contribution in [-0.2, 0) is 6.54 Å². The highest BCUT2D eigenvalue weighted by atomic mass is 35.5. The summed E-state index contributed by atoms with van der Waals surface area (Å²) in [5.41, 5.74) is 1.64. The Morgan fingerprint density at radius 2 is 1.89 bits per heavy atom. The maximum atomic E-state index is 6.41. The van der Waals surface area contributed by atoms with E-state index in [4.69, 9.17) is 25.5 Å².